The van der Waals surface area contributed by atoms with Crippen LogP contribution in [-0.2, 0) is 6.42 Å². The molecule has 2 fully saturated rings. The van der Waals surface area contributed by atoms with E-state index in [1.165, 1.54) is 17.1 Å². The first-order valence-electron chi connectivity index (χ1n) is 11.6. The van der Waals surface area contributed by atoms with E-state index in [1.54, 1.807) is 19.1 Å². The predicted molar refractivity (Wildman–Crippen MR) is 122 cm³/mol. The number of benzene rings is 1. The number of hydrogen-bond acceptors (Lipinski definition) is 6. The molecule has 172 valence electrons. The number of aromatic nitrogens is 5. The molecule has 1 aromatic carbocycles. The maximum atomic E-state index is 14.9. The molecule has 2 aromatic heterocycles. The van der Waals surface area contributed by atoms with E-state index < -0.39 is 5.82 Å². The smallest absolute Gasteiger partial charge is 0.254 e. The van der Waals surface area contributed by atoms with Gasteiger partial charge in [0.1, 0.15) is 23.7 Å². The summed E-state index contributed by atoms with van der Waals surface area (Å²) in [5.74, 6) is 0.761. The van der Waals surface area contributed by atoms with Gasteiger partial charge >= 0.3 is 0 Å². The average molecular weight is 450 g/mol. The van der Waals surface area contributed by atoms with Gasteiger partial charge in [-0.1, -0.05) is 6.92 Å². The van der Waals surface area contributed by atoms with Gasteiger partial charge in [0, 0.05) is 43.1 Å². The minimum atomic E-state index is -0.479. The Morgan fingerprint density at radius 1 is 1.09 bits per heavy atom. The summed E-state index contributed by atoms with van der Waals surface area (Å²) in [5, 5.41) is 4.07. The Hall–Kier alpha value is -3.36. The normalized spacial score (nSPS) is 16.8. The molecule has 0 spiro atoms. The first-order valence-corrected chi connectivity index (χ1v) is 11.6. The highest BCUT2D eigenvalue weighted by atomic mass is 19.1. The second-order valence-electron chi connectivity index (χ2n) is 8.79. The maximum absolute atomic E-state index is 14.9. The van der Waals surface area contributed by atoms with Crippen LogP contribution in [0.15, 0.2) is 36.9 Å². The highest BCUT2D eigenvalue weighted by Gasteiger charge is 2.39. The van der Waals surface area contributed by atoms with Crippen LogP contribution < -0.4 is 4.90 Å². The fourth-order valence-electron chi connectivity index (χ4n) is 4.52. The molecule has 3 heterocycles. The van der Waals surface area contributed by atoms with Crippen molar-refractivity contribution < 1.29 is 9.18 Å². The number of anilines is 1. The Morgan fingerprint density at radius 2 is 1.79 bits per heavy atom. The molecule has 0 unspecified atom stereocenters. The van der Waals surface area contributed by atoms with Crippen molar-refractivity contribution in [2.24, 2.45) is 0 Å². The molecular formula is C24H28FN7O. The van der Waals surface area contributed by atoms with E-state index in [0.717, 1.165) is 56.7 Å². The van der Waals surface area contributed by atoms with Crippen molar-refractivity contribution in [3.8, 4) is 5.69 Å². The number of carbonyl (C=O) groups is 1. The Labute approximate surface area is 192 Å². The fraction of sp³-hybridized carbons (Fsp3) is 0.458. The number of hydrogen-bond donors (Lipinski definition) is 0. The van der Waals surface area contributed by atoms with Crippen molar-refractivity contribution in [2.75, 3.05) is 18.0 Å². The number of halogens is 1. The van der Waals surface area contributed by atoms with E-state index in [-0.39, 0.29) is 18.0 Å². The molecule has 0 atom stereocenters. The third kappa shape index (κ3) is 4.31. The van der Waals surface area contributed by atoms with Crippen molar-refractivity contribution in [1.82, 2.24) is 29.6 Å². The molecule has 8 nitrogen and oxygen atoms in total. The van der Waals surface area contributed by atoms with Crippen LogP contribution in [0.2, 0.25) is 0 Å². The largest absolute Gasteiger partial charge is 0.341 e. The molecule has 0 radical (unpaired) electrons. The average Bonchev–Trinajstić information content (AvgIpc) is 3.59. The van der Waals surface area contributed by atoms with Crippen LogP contribution in [0.4, 0.5) is 10.3 Å². The summed E-state index contributed by atoms with van der Waals surface area (Å²) in [6.45, 7) is 5.44. The van der Waals surface area contributed by atoms with E-state index in [1.807, 2.05) is 17.3 Å². The summed E-state index contributed by atoms with van der Waals surface area (Å²) in [6.07, 6.45) is 9.78. The van der Waals surface area contributed by atoms with E-state index in [9.17, 15) is 9.18 Å². The molecule has 0 bridgehead atoms. The minimum absolute atomic E-state index is 0.0970. The first-order chi connectivity index (χ1) is 16.0. The van der Waals surface area contributed by atoms with Gasteiger partial charge in [-0.2, -0.15) is 5.10 Å². The fourth-order valence-corrected chi connectivity index (χ4v) is 4.52. The number of amides is 1. The second-order valence-corrected chi connectivity index (χ2v) is 8.79. The number of rotatable bonds is 6. The van der Waals surface area contributed by atoms with Crippen molar-refractivity contribution >= 4 is 11.9 Å². The third-order valence-corrected chi connectivity index (χ3v) is 6.56. The van der Waals surface area contributed by atoms with Crippen molar-refractivity contribution in [1.29, 1.82) is 0 Å². The third-order valence-electron chi connectivity index (χ3n) is 6.56. The lowest BCUT2D eigenvalue weighted by Gasteiger charge is -2.39. The molecule has 1 amide bonds. The lowest BCUT2D eigenvalue weighted by atomic mass is 10.0. The second kappa shape index (κ2) is 8.88. The number of aryl methyl sites for hydroxylation is 2. The van der Waals surface area contributed by atoms with Gasteiger partial charge in [-0.25, -0.2) is 24.0 Å². The van der Waals surface area contributed by atoms with Gasteiger partial charge in [0.05, 0.1) is 0 Å². The van der Waals surface area contributed by atoms with Crippen molar-refractivity contribution in [3.05, 3.63) is 59.7 Å². The van der Waals surface area contributed by atoms with Crippen LogP contribution in [0.3, 0.4) is 0 Å². The van der Waals surface area contributed by atoms with Crippen LogP contribution >= 0.6 is 0 Å². The molecule has 5 rings (SSSR count). The number of nitrogens with zero attached hydrogens (tertiary/aromatic N) is 7. The summed E-state index contributed by atoms with van der Waals surface area (Å²) in [6, 6.07) is 5.00. The molecule has 1 saturated carbocycles. The Bertz CT molecular complexity index is 1130. The first kappa shape index (κ1) is 21.5. The van der Waals surface area contributed by atoms with Crippen LogP contribution in [0.25, 0.3) is 5.69 Å². The summed E-state index contributed by atoms with van der Waals surface area (Å²) >= 11 is 0. The van der Waals surface area contributed by atoms with Crippen LogP contribution in [0, 0.1) is 12.7 Å². The number of piperidine rings is 1. The van der Waals surface area contributed by atoms with Crippen molar-refractivity contribution in [3.63, 3.8) is 0 Å². The van der Waals surface area contributed by atoms with Gasteiger partial charge in [0.2, 0.25) is 5.95 Å². The summed E-state index contributed by atoms with van der Waals surface area (Å²) in [4.78, 5) is 30.7. The van der Waals surface area contributed by atoms with Gasteiger partial charge in [-0.05, 0) is 62.8 Å². The van der Waals surface area contributed by atoms with Crippen molar-refractivity contribution in [2.45, 2.75) is 58.0 Å². The van der Waals surface area contributed by atoms with E-state index in [0.29, 0.717) is 17.1 Å². The monoisotopic (exact) mass is 449 g/mol. The minimum Gasteiger partial charge on any atom is -0.341 e. The molecule has 3 aromatic rings. The molecule has 1 aliphatic heterocycles. The lowest BCUT2D eigenvalue weighted by molar-refractivity contribution is 0.0630. The van der Waals surface area contributed by atoms with Crippen LogP contribution in [-0.4, -0.2) is 60.7 Å². The van der Waals surface area contributed by atoms with E-state index in [2.05, 4.69) is 31.9 Å². The molecule has 2 aliphatic rings. The van der Waals surface area contributed by atoms with E-state index >= 15 is 0 Å². The highest BCUT2D eigenvalue weighted by Crippen LogP contribution is 2.34. The Balaban J connectivity index is 1.30. The predicted octanol–water partition coefficient (Wildman–Crippen LogP) is 3.34. The summed E-state index contributed by atoms with van der Waals surface area (Å²) in [7, 11) is 0. The highest BCUT2D eigenvalue weighted by molar-refractivity contribution is 5.95. The molecule has 1 aliphatic carbocycles. The molecule has 9 heteroatoms. The van der Waals surface area contributed by atoms with Crippen LogP contribution in [0.1, 0.15) is 54.4 Å². The molecule has 1 saturated heterocycles. The zero-order chi connectivity index (χ0) is 22.9. The van der Waals surface area contributed by atoms with Gasteiger partial charge in [-0.3, -0.25) is 4.79 Å². The molecule has 33 heavy (non-hydrogen) atoms. The topological polar surface area (TPSA) is 80.0 Å². The summed E-state index contributed by atoms with van der Waals surface area (Å²) in [5.41, 5.74) is 1.79. The maximum Gasteiger partial charge on any atom is 0.254 e. The van der Waals surface area contributed by atoms with Crippen LogP contribution in [0.5, 0.6) is 0 Å². The summed E-state index contributed by atoms with van der Waals surface area (Å²) < 4.78 is 16.3. The van der Waals surface area contributed by atoms with E-state index in [4.69, 9.17) is 0 Å². The Morgan fingerprint density at radius 3 is 2.36 bits per heavy atom. The SMILES string of the molecule is CCc1cnc(N2CCC(N(C(=O)c3ccc(-n4ncnc4C)c(F)c3)C3CC3)CC2)nc1. The standard InChI is InChI=1S/C24H28FN7O/c1-3-17-13-26-24(27-14-17)30-10-8-20(9-11-30)31(19-5-6-19)23(33)18-4-7-22(21(25)12-18)32-16(2)28-15-29-32/h4,7,12-15,19-20H,3,5-6,8-11H2,1-2H3. The van der Waals surface area contributed by atoms with Gasteiger partial charge in [-0.15, -0.1) is 0 Å². The zero-order valence-corrected chi connectivity index (χ0v) is 19.0. The van der Waals surface area contributed by atoms with Gasteiger partial charge < -0.3 is 9.80 Å². The molecule has 0 N–H and O–H groups in total. The Kier molecular flexibility index (Phi) is 5.78. The van der Waals surface area contributed by atoms with Gasteiger partial charge in [0.25, 0.3) is 5.91 Å². The quantitative estimate of drug-likeness (QED) is 0.574. The number of carbonyl (C=O) groups excluding carboxylic acids is 1. The van der Waals surface area contributed by atoms with Gasteiger partial charge in [0.15, 0.2) is 0 Å². The zero-order valence-electron chi connectivity index (χ0n) is 19.0. The lowest BCUT2D eigenvalue weighted by Crippen LogP contribution is -2.48. The molecular weight excluding hydrogens is 421 g/mol.